The monoisotopic (exact) mass is 650 g/mol. The summed E-state index contributed by atoms with van der Waals surface area (Å²) < 4.78 is 19.3. The molecule has 8 nitrogen and oxygen atoms in total. The predicted octanol–water partition coefficient (Wildman–Crippen LogP) is 7.80. The average molecular weight is 651 g/mol. The van der Waals surface area contributed by atoms with Crippen LogP contribution in [0.25, 0.3) is 22.4 Å². The summed E-state index contributed by atoms with van der Waals surface area (Å²) in [5, 5.41) is 10.5. The number of hydrogen-bond donors (Lipinski definition) is 2. The van der Waals surface area contributed by atoms with Crippen LogP contribution in [-0.2, 0) is 26.1 Å². The maximum atomic E-state index is 13.1. The van der Waals surface area contributed by atoms with Crippen molar-refractivity contribution < 1.29 is 18.5 Å². The van der Waals surface area contributed by atoms with E-state index in [9.17, 15) is 13.8 Å². The third-order valence-electron chi connectivity index (χ3n) is 9.19. The van der Waals surface area contributed by atoms with Gasteiger partial charge in [-0.15, -0.1) is 0 Å². The summed E-state index contributed by atoms with van der Waals surface area (Å²) >= 11 is 1.65. The lowest BCUT2D eigenvalue weighted by molar-refractivity contribution is -0.117. The molecule has 0 radical (unpaired) electrons. The molecule has 1 unspecified atom stereocenters. The normalized spacial score (nSPS) is 20.2. The zero-order chi connectivity index (χ0) is 32.4. The van der Waals surface area contributed by atoms with Gasteiger partial charge in [-0.05, 0) is 112 Å². The molecule has 242 valence electrons. The maximum absolute atomic E-state index is 13.1. The van der Waals surface area contributed by atoms with Gasteiger partial charge in [0.15, 0.2) is 0 Å². The van der Waals surface area contributed by atoms with Crippen LogP contribution in [0, 0.1) is 12.8 Å². The van der Waals surface area contributed by atoms with E-state index < -0.39 is 28.2 Å². The molecule has 2 fully saturated rings. The smallest absolute Gasteiger partial charge is 0.408 e. The SMILES string of the molecule is Cc1cscc1-c1cc(NC(=O)CC2CCC(N(C)S(C)=O)CC2)cnc1-c1ccc(C2(NC(=O)OC(C)(C)C)CCC2)cc1. The second-order valence-corrected chi connectivity index (χ2v) is 15.8. The van der Waals surface area contributed by atoms with Crippen molar-refractivity contribution in [1.29, 1.82) is 0 Å². The zero-order valence-electron chi connectivity index (χ0n) is 27.3. The summed E-state index contributed by atoms with van der Waals surface area (Å²) in [7, 11) is 0.947. The lowest BCUT2D eigenvalue weighted by Crippen LogP contribution is -2.52. The molecule has 2 saturated carbocycles. The van der Waals surface area contributed by atoms with E-state index in [1.165, 1.54) is 0 Å². The molecule has 10 heteroatoms. The van der Waals surface area contributed by atoms with Gasteiger partial charge in [0.2, 0.25) is 5.91 Å². The first-order valence-electron chi connectivity index (χ1n) is 15.8. The average Bonchev–Trinajstić information content (AvgIpc) is 3.39. The van der Waals surface area contributed by atoms with Gasteiger partial charge in [-0.1, -0.05) is 24.3 Å². The van der Waals surface area contributed by atoms with E-state index in [0.717, 1.165) is 78.5 Å². The van der Waals surface area contributed by atoms with Gasteiger partial charge in [0, 0.05) is 36.9 Å². The van der Waals surface area contributed by atoms with Crippen LogP contribution < -0.4 is 10.6 Å². The Morgan fingerprint density at radius 1 is 1.09 bits per heavy atom. The third-order valence-corrected chi connectivity index (χ3v) is 11.2. The topological polar surface area (TPSA) is 101 Å². The molecule has 2 amide bonds. The van der Waals surface area contributed by atoms with E-state index in [4.69, 9.17) is 9.72 Å². The van der Waals surface area contributed by atoms with Crippen molar-refractivity contribution in [3.05, 3.63) is 58.4 Å². The summed E-state index contributed by atoms with van der Waals surface area (Å²) in [6.07, 6.45) is 10.2. The van der Waals surface area contributed by atoms with Crippen LogP contribution >= 0.6 is 11.3 Å². The van der Waals surface area contributed by atoms with Crippen LogP contribution in [0.1, 0.15) is 83.3 Å². The Balaban J connectivity index is 1.31. The molecule has 1 atom stereocenters. The number of aromatic nitrogens is 1. The van der Waals surface area contributed by atoms with E-state index in [1.807, 2.05) is 38.2 Å². The van der Waals surface area contributed by atoms with Gasteiger partial charge >= 0.3 is 6.09 Å². The Bertz CT molecular complexity index is 1530. The highest BCUT2D eigenvalue weighted by molar-refractivity contribution is 7.81. The Morgan fingerprint density at radius 2 is 1.78 bits per heavy atom. The number of alkyl carbamates (subject to hydrolysis) is 1. The molecule has 2 aliphatic rings. The van der Waals surface area contributed by atoms with Crippen molar-refractivity contribution in [3.63, 3.8) is 0 Å². The molecule has 2 aromatic heterocycles. The van der Waals surface area contributed by atoms with Crippen LogP contribution in [0.2, 0.25) is 0 Å². The fourth-order valence-electron chi connectivity index (χ4n) is 6.46. The van der Waals surface area contributed by atoms with Crippen molar-refractivity contribution in [2.24, 2.45) is 5.92 Å². The highest BCUT2D eigenvalue weighted by Crippen LogP contribution is 2.43. The summed E-state index contributed by atoms with van der Waals surface area (Å²) in [4.78, 5) is 30.6. The molecule has 5 rings (SSSR count). The number of benzene rings is 1. The molecule has 2 aliphatic carbocycles. The molecule has 2 heterocycles. The van der Waals surface area contributed by atoms with E-state index in [1.54, 1.807) is 23.8 Å². The summed E-state index contributed by atoms with van der Waals surface area (Å²) in [5.41, 5.74) is 5.82. The summed E-state index contributed by atoms with van der Waals surface area (Å²) in [6.45, 7) is 7.70. The van der Waals surface area contributed by atoms with E-state index in [0.29, 0.717) is 24.1 Å². The van der Waals surface area contributed by atoms with Gasteiger partial charge in [-0.25, -0.2) is 13.3 Å². The number of anilines is 1. The highest BCUT2D eigenvalue weighted by Gasteiger charge is 2.41. The summed E-state index contributed by atoms with van der Waals surface area (Å²) in [5.74, 6) is 0.328. The van der Waals surface area contributed by atoms with Gasteiger partial charge in [0.1, 0.15) is 5.60 Å². The number of ether oxygens (including phenoxy) is 1. The number of amides is 2. The standard InChI is InChI=1S/C35H46N4O4S2/c1-23-21-44-22-30(23)29-19-27(37-31(40)18-24-8-14-28(15-9-24)39(5)45(6)42)20-36-32(29)25-10-12-26(13-11-25)35(16-7-17-35)38-33(41)43-34(2,3)4/h10-13,19-22,24,28H,7-9,14-18H2,1-6H3,(H,37,40)(H,38,41). The molecule has 0 spiro atoms. The van der Waals surface area contributed by atoms with Crippen LogP contribution in [-0.4, -0.2) is 50.4 Å². The number of aryl methyl sites for hydroxylation is 1. The second-order valence-electron chi connectivity index (χ2n) is 13.6. The number of thiophene rings is 1. The fraction of sp³-hybridized carbons (Fsp3) is 0.514. The number of hydrogen-bond acceptors (Lipinski definition) is 6. The van der Waals surface area contributed by atoms with E-state index in [2.05, 4.69) is 52.6 Å². The Hall–Kier alpha value is -3.08. The first-order chi connectivity index (χ1) is 21.3. The molecule has 45 heavy (non-hydrogen) atoms. The first kappa shape index (κ1) is 33.3. The van der Waals surface area contributed by atoms with Gasteiger partial charge in [0.05, 0.1) is 34.1 Å². The fourth-order valence-corrected chi connectivity index (χ4v) is 7.94. The molecule has 3 aromatic rings. The minimum Gasteiger partial charge on any atom is -0.444 e. The number of nitrogens with one attached hydrogen (secondary N) is 2. The van der Waals surface area contributed by atoms with Crippen LogP contribution in [0.4, 0.5) is 10.5 Å². The van der Waals surface area contributed by atoms with E-state index in [-0.39, 0.29) is 5.91 Å². The van der Waals surface area contributed by atoms with Crippen LogP contribution in [0.5, 0.6) is 0 Å². The number of carbonyl (C=O) groups is 2. The van der Waals surface area contributed by atoms with Crippen LogP contribution in [0.3, 0.4) is 0 Å². The molecule has 1 aromatic carbocycles. The van der Waals surface area contributed by atoms with Crippen molar-refractivity contribution in [1.82, 2.24) is 14.6 Å². The lowest BCUT2D eigenvalue weighted by Gasteiger charge is -2.43. The number of carbonyl (C=O) groups excluding carboxylic acids is 2. The quantitative estimate of drug-likeness (QED) is 0.246. The Labute approximate surface area is 273 Å². The molecular weight excluding hydrogens is 605 g/mol. The molecule has 0 saturated heterocycles. The summed E-state index contributed by atoms with van der Waals surface area (Å²) in [6, 6.07) is 10.6. The van der Waals surface area contributed by atoms with Gasteiger partial charge in [-0.3, -0.25) is 9.78 Å². The van der Waals surface area contributed by atoms with Gasteiger partial charge in [0.25, 0.3) is 0 Å². The van der Waals surface area contributed by atoms with Crippen molar-refractivity contribution in [2.75, 3.05) is 18.6 Å². The first-order valence-corrected chi connectivity index (χ1v) is 18.3. The number of pyridine rings is 1. The number of nitrogens with zero attached hydrogens (tertiary/aromatic N) is 2. The Morgan fingerprint density at radius 3 is 2.33 bits per heavy atom. The Kier molecular flexibility index (Phi) is 10.2. The predicted molar refractivity (Wildman–Crippen MR) is 183 cm³/mol. The second kappa shape index (κ2) is 13.7. The van der Waals surface area contributed by atoms with Crippen molar-refractivity contribution in [2.45, 2.75) is 96.2 Å². The zero-order valence-corrected chi connectivity index (χ0v) is 28.9. The third kappa shape index (κ3) is 8.02. The minimum absolute atomic E-state index is 0.000972. The molecule has 2 N–H and O–H groups in total. The molecule has 0 bridgehead atoms. The van der Waals surface area contributed by atoms with Crippen molar-refractivity contribution >= 4 is 40.0 Å². The number of rotatable bonds is 9. The lowest BCUT2D eigenvalue weighted by atomic mass is 9.71. The molecule has 0 aliphatic heterocycles. The highest BCUT2D eigenvalue weighted by atomic mass is 32.2. The largest absolute Gasteiger partial charge is 0.444 e. The van der Waals surface area contributed by atoms with Gasteiger partial charge in [-0.2, -0.15) is 11.3 Å². The van der Waals surface area contributed by atoms with Crippen molar-refractivity contribution in [3.8, 4) is 22.4 Å². The van der Waals surface area contributed by atoms with Crippen LogP contribution in [0.15, 0.2) is 47.3 Å². The van der Waals surface area contributed by atoms with Gasteiger partial charge < -0.3 is 15.4 Å². The maximum Gasteiger partial charge on any atom is 0.408 e. The minimum atomic E-state index is -0.970. The van der Waals surface area contributed by atoms with E-state index >= 15 is 0 Å². The molecular formula is C35H46N4O4S2.